The van der Waals surface area contributed by atoms with Crippen LogP contribution < -0.4 is 10.0 Å². The summed E-state index contributed by atoms with van der Waals surface area (Å²) >= 11 is 1.35. The van der Waals surface area contributed by atoms with Crippen LogP contribution in [-0.4, -0.2) is 35.0 Å². The highest BCUT2D eigenvalue weighted by molar-refractivity contribution is 8.01. The summed E-state index contributed by atoms with van der Waals surface area (Å²) in [6.07, 6.45) is 1.07. The molecule has 1 atom stereocenters. The van der Waals surface area contributed by atoms with Crippen LogP contribution in [0, 0.1) is 20.8 Å². The number of aryl methyl sites for hydroxylation is 2. The minimum atomic E-state index is -0.530. The highest BCUT2D eigenvalue weighted by Crippen LogP contribution is 2.42. The molecule has 1 aliphatic rings. The van der Waals surface area contributed by atoms with Crippen molar-refractivity contribution in [2.75, 3.05) is 16.7 Å². The average molecular weight is 448 g/mol. The van der Waals surface area contributed by atoms with Crippen molar-refractivity contribution >= 4 is 35.2 Å². The molecule has 1 unspecified atom stereocenters. The van der Waals surface area contributed by atoms with Crippen molar-refractivity contribution in [1.29, 1.82) is 0 Å². The van der Waals surface area contributed by atoms with Crippen LogP contribution in [-0.2, 0) is 9.63 Å². The third-order valence-corrected chi connectivity index (χ3v) is 6.31. The van der Waals surface area contributed by atoms with E-state index in [1.54, 1.807) is 0 Å². The molecule has 0 saturated carbocycles. The van der Waals surface area contributed by atoms with Gasteiger partial charge in [0, 0.05) is 18.6 Å². The van der Waals surface area contributed by atoms with E-state index in [0.29, 0.717) is 30.9 Å². The molecule has 7 nitrogen and oxygen atoms in total. The first-order valence-electron chi connectivity index (χ1n) is 10.6. The van der Waals surface area contributed by atoms with Crippen molar-refractivity contribution in [3.63, 3.8) is 0 Å². The Morgan fingerprint density at radius 1 is 1.26 bits per heavy atom. The first-order chi connectivity index (χ1) is 14.7. The summed E-state index contributed by atoms with van der Waals surface area (Å²) in [5, 5.41) is 14.8. The number of primary amides is 1. The lowest BCUT2D eigenvalue weighted by molar-refractivity contribution is -0.116. The predicted molar refractivity (Wildman–Crippen MR) is 127 cm³/mol. The van der Waals surface area contributed by atoms with Gasteiger partial charge in [0.2, 0.25) is 0 Å². The summed E-state index contributed by atoms with van der Waals surface area (Å²) in [6.45, 7) is 11.9. The summed E-state index contributed by atoms with van der Waals surface area (Å²) in [5.41, 5.74) is 11.0. The number of Topliss-reactive ketones (excluding diaryl/α,β-unsaturated/α-hetero) is 1. The van der Waals surface area contributed by atoms with Crippen LogP contribution in [0.4, 0.5) is 10.5 Å². The maximum Gasteiger partial charge on any atom is 0.329 e. The summed E-state index contributed by atoms with van der Waals surface area (Å²) in [7, 11) is 0. The van der Waals surface area contributed by atoms with Gasteiger partial charge in [0.15, 0.2) is 5.78 Å². The van der Waals surface area contributed by atoms with E-state index in [1.165, 1.54) is 16.3 Å². The lowest BCUT2D eigenvalue weighted by Crippen LogP contribution is -2.32. The molecule has 0 saturated heterocycles. The second-order valence-electron chi connectivity index (χ2n) is 7.61. The molecule has 1 aliphatic carbocycles. The quantitative estimate of drug-likeness (QED) is 0.323. The molecule has 1 aromatic carbocycles. The number of ketones is 1. The van der Waals surface area contributed by atoms with E-state index in [1.807, 2.05) is 47.6 Å². The molecule has 0 heterocycles. The van der Waals surface area contributed by atoms with Gasteiger partial charge in [-0.1, -0.05) is 25.1 Å². The maximum absolute atomic E-state index is 13.0. The number of carbonyl (C=O) groups is 2. The first-order valence-corrected chi connectivity index (χ1v) is 11.6. The van der Waals surface area contributed by atoms with E-state index < -0.39 is 6.03 Å². The number of hydrogen-bond donors (Lipinski definition) is 2. The Balaban J connectivity index is 2.55. The number of nitrogens with zero attached hydrogens (tertiary/aromatic N) is 2. The molecule has 0 fully saturated rings. The number of carbonyl (C=O) groups excluding carboxylic acids is 2. The predicted octanol–water partition coefficient (Wildman–Crippen LogP) is 5.23. The molecule has 170 valence electrons. The first kappa shape index (κ1) is 24.8. The number of allylic oxidation sites excluding steroid dienone is 2. The van der Waals surface area contributed by atoms with Gasteiger partial charge in [-0.15, -0.1) is 0 Å². The van der Waals surface area contributed by atoms with Crippen LogP contribution in [0.2, 0.25) is 0 Å². The number of amides is 2. The highest BCUT2D eigenvalue weighted by atomic mass is 32.2. The Morgan fingerprint density at radius 3 is 2.45 bits per heavy atom. The van der Waals surface area contributed by atoms with Crippen molar-refractivity contribution in [1.82, 2.24) is 0 Å². The zero-order valence-electron chi connectivity index (χ0n) is 19.2. The number of urea groups is 1. The summed E-state index contributed by atoms with van der Waals surface area (Å²) in [6, 6.07) is 1.48. The Labute approximate surface area is 188 Å². The number of hydrogen-bond acceptors (Lipinski definition) is 6. The molecule has 8 heteroatoms. The van der Waals surface area contributed by atoms with E-state index in [9.17, 15) is 14.7 Å². The molecular weight excluding hydrogens is 414 g/mol. The lowest BCUT2D eigenvalue weighted by Gasteiger charge is -2.30. The van der Waals surface area contributed by atoms with Crippen molar-refractivity contribution in [2.45, 2.75) is 66.7 Å². The molecule has 1 aromatic rings. The van der Waals surface area contributed by atoms with Gasteiger partial charge in [-0.3, -0.25) is 4.79 Å². The van der Waals surface area contributed by atoms with E-state index in [0.717, 1.165) is 27.9 Å². The summed E-state index contributed by atoms with van der Waals surface area (Å²) in [4.78, 5) is 30.3. The van der Waals surface area contributed by atoms with Gasteiger partial charge in [-0.25, -0.2) is 9.10 Å². The zero-order chi connectivity index (χ0) is 23.3. The molecule has 2 amide bonds. The minimum Gasteiger partial charge on any atom is -0.511 e. The van der Waals surface area contributed by atoms with Crippen LogP contribution in [0.5, 0.6) is 0 Å². The van der Waals surface area contributed by atoms with Gasteiger partial charge in [0.25, 0.3) is 0 Å². The largest absolute Gasteiger partial charge is 0.511 e. The molecule has 0 radical (unpaired) electrons. The standard InChI is InChI=1S/C23H33N3O4S/c1-7-17(25-30-8-2)21-18(27)11-16(12-19(21)28)20-13(4)10-14(5)22(15(20)6)26(23(24)29)31-9-3/h10,16,27H,7-9,11-12H2,1-6H3,(H2,24,29)/b25-17-. The van der Waals surface area contributed by atoms with Gasteiger partial charge in [-0.2, -0.15) is 0 Å². The van der Waals surface area contributed by atoms with E-state index in [-0.39, 0.29) is 29.5 Å². The van der Waals surface area contributed by atoms with Crippen LogP contribution in [0.1, 0.15) is 68.2 Å². The van der Waals surface area contributed by atoms with Gasteiger partial charge >= 0.3 is 6.03 Å². The van der Waals surface area contributed by atoms with Crippen LogP contribution in [0.15, 0.2) is 22.6 Å². The Bertz CT molecular complexity index is 924. The third-order valence-electron chi connectivity index (χ3n) is 5.43. The molecule has 31 heavy (non-hydrogen) atoms. The van der Waals surface area contributed by atoms with Crippen LogP contribution >= 0.6 is 11.9 Å². The monoisotopic (exact) mass is 447 g/mol. The van der Waals surface area contributed by atoms with Crippen LogP contribution in [0.25, 0.3) is 0 Å². The molecule has 3 N–H and O–H groups in total. The average Bonchev–Trinajstić information content (AvgIpc) is 2.68. The number of oxime groups is 1. The molecule has 0 bridgehead atoms. The smallest absolute Gasteiger partial charge is 0.329 e. The van der Waals surface area contributed by atoms with E-state index in [4.69, 9.17) is 10.6 Å². The lowest BCUT2D eigenvalue weighted by atomic mass is 9.77. The summed E-state index contributed by atoms with van der Waals surface area (Å²) < 4.78 is 1.52. The van der Waals surface area contributed by atoms with E-state index in [2.05, 4.69) is 5.16 Å². The Morgan fingerprint density at radius 2 is 1.94 bits per heavy atom. The number of aliphatic hydroxyl groups is 1. The van der Waals surface area contributed by atoms with E-state index >= 15 is 0 Å². The molecule has 0 aliphatic heterocycles. The van der Waals surface area contributed by atoms with Crippen LogP contribution in [0.3, 0.4) is 0 Å². The number of aliphatic hydroxyl groups excluding tert-OH is 1. The number of rotatable bonds is 8. The Hall–Kier alpha value is -2.48. The molecular formula is C23H33N3O4S. The van der Waals surface area contributed by atoms with Gasteiger partial charge in [0.1, 0.15) is 12.4 Å². The zero-order valence-corrected chi connectivity index (χ0v) is 20.1. The fourth-order valence-electron chi connectivity index (χ4n) is 4.35. The van der Waals surface area contributed by atoms with Crippen molar-refractivity contribution in [2.24, 2.45) is 10.9 Å². The second-order valence-corrected chi connectivity index (χ2v) is 8.81. The fraction of sp³-hybridized carbons (Fsp3) is 0.522. The highest BCUT2D eigenvalue weighted by Gasteiger charge is 2.34. The van der Waals surface area contributed by atoms with Gasteiger partial charge in [-0.05, 0) is 74.2 Å². The van der Waals surface area contributed by atoms with Crippen molar-refractivity contribution in [3.05, 3.63) is 39.7 Å². The molecule has 0 spiro atoms. The van der Waals surface area contributed by atoms with Crippen molar-refractivity contribution < 1.29 is 19.5 Å². The third kappa shape index (κ3) is 5.23. The second kappa shape index (κ2) is 10.7. The Kier molecular flexibility index (Phi) is 8.56. The molecule has 0 aromatic heterocycles. The maximum atomic E-state index is 13.0. The topological polar surface area (TPSA) is 105 Å². The minimum absolute atomic E-state index is 0.0390. The normalized spacial score (nSPS) is 17.2. The number of benzene rings is 1. The van der Waals surface area contributed by atoms with Crippen molar-refractivity contribution in [3.8, 4) is 0 Å². The SMILES string of the molecule is CCO/N=C(/CC)C1=C(O)CC(c2c(C)cc(C)c(N(SCC)C(N)=O)c2C)CC1=O. The fourth-order valence-corrected chi connectivity index (χ4v) is 5.15. The summed E-state index contributed by atoms with van der Waals surface area (Å²) in [5.74, 6) is 0.391. The van der Waals surface area contributed by atoms with Gasteiger partial charge < -0.3 is 15.7 Å². The number of anilines is 1. The molecule has 2 rings (SSSR count). The number of nitrogens with two attached hydrogens (primary N) is 1. The van der Waals surface area contributed by atoms with Gasteiger partial charge in [0.05, 0.1) is 17.0 Å².